The van der Waals surface area contributed by atoms with Crippen LogP contribution in [0.5, 0.6) is 0 Å². The molecule has 172 valence electrons. The van der Waals surface area contributed by atoms with E-state index in [-0.39, 0.29) is 12.1 Å². The van der Waals surface area contributed by atoms with Crippen molar-refractivity contribution in [1.29, 1.82) is 0 Å². The maximum atomic E-state index is 6.60. The molecule has 5 rings (SSSR count). The van der Waals surface area contributed by atoms with Crippen LogP contribution in [0, 0.1) is 0 Å². The highest BCUT2D eigenvalue weighted by atomic mass is 35.5. The van der Waals surface area contributed by atoms with Crippen molar-refractivity contribution in [2.45, 2.75) is 12.1 Å². The molecule has 8 heteroatoms. The third-order valence-electron chi connectivity index (χ3n) is 5.99. The molecule has 2 aromatic heterocycles. The number of halogens is 2. The summed E-state index contributed by atoms with van der Waals surface area (Å²) in [7, 11) is 4.05. The second kappa shape index (κ2) is 9.29. The summed E-state index contributed by atoms with van der Waals surface area (Å²) in [6.45, 7) is 0. The molecule has 0 radical (unpaired) electrons. The van der Waals surface area contributed by atoms with E-state index < -0.39 is 0 Å². The molecule has 0 saturated carbocycles. The standard InChI is InChI=1S/C26H23Cl2N5S/c1-31(2)18-9-11-19(12-10-18)33-25(24(30-26(33)34)21-6-3-4-14-29-21)23-7-5-15-32(23)22-13-8-17(27)16-20(22)28/h3-16,24-25H,1-2H3,(H,30,34). The van der Waals surface area contributed by atoms with Crippen LogP contribution >= 0.6 is 35.4 Å². The Morgan fingerprint density at radius 2 is 1.76 bits per heavy atom. The van der Waals surface area contributed by atoms with Gasteiger partial charge < -0.3 is 19.7 Å². The zero-order valence-electron chi connectivity index (χ0n) is 18.7. The first-order valence-electron chi connectivity index (χ1n) is 10.8. The summed E-state index contributed by atoms with van der Waals surface area (Å²) >= 11 is 18.6. The zero-order chi connectivity index (χ0) is 23.8. The Balaban J connectivity index is 1.65. The van der Waals surface area contributed by atoms with E-state index >= 15 is 0 Å². The number of hydrogen-bond acceptors (Lipinski definition) is 3. The average Bonchev–Trinajstić information content (AvgIpc) is 3.44. The predicted molar refractivity (Wildman–Crippen MR) is 144 cm³/mol. The zero-order valence-corrected chi connectivity index (χ0v) is 21.0. The van der Waals surface area contributed by atoms with Gasteiger partial charge in [0.2, 0.25) is 0 Å². The van der Waals surface area contributed by atoms with Crippen LogP contribution in [0.2, 0.25) is 10.0 Å². The fraction of sp³-hybridized carbons (Fsp3) is 0.154. The topological polar surface area (TPSA) is 36.3 Å². The summed E-state index contributed by atoms with van der Waals surface area (Å²) in [5, 5.41) is 5.34. The van der Waals surface area contributed by atoms with Gasteiger partial charge in [0, 0.05) is 48.6 Å². The fourth-order valence-electron chi connectivity index (χ4n) is 4.38. The van der Waals surface area contributed by atoms with Crippen LogP contribution in [-0.4, -0.2) is 28.8 Å². The molecule has 1 aliphatic heterocycles. The first-order chi connectivity index (χ1) is 16.4. The smallest absolute Gasteiger partial charge is 0.174 e. The maximum absolute atomic E-state index is 6.60. The Morgan fingerprint density at radius 3 is 2.44 bits per heavy atom. The minimum absolute atomic E-state index is 0.151. The average molecular weight is 508 g/mol. The van der Waals surface area contributed by atoms with E-state index in [2.05, 4.69) is 55.0 Å². The SMILES string of the molecule is CN(C)c1ccc(N2C(=S)NC(c3ccccn3)C2c2cccn2-c2ccc(Cl)cc2Cl)cc1. The summed E-state index contributed by atoms with van der Waals surface area (Å²) in [6, 6.07) is 23.7. The van der Waals surface area contributed by atoms with E-state index in [1.54, 1.807) is 12.3 Å². The second-order valence-electron chi connectivity index (χ2n) is 8.31. The molecular formula is C26H23Cl2N5S. The van der Waals surface area contributed by atoms with Crippen LogP contribution in [0.3, 0.4) is 0 Å². The lowest BCUT2D eigenvalue weighted by Crippen LogP contribution is -2.30. The third-order valence-corrected chi connectivity index (χ3v) is 6.85. The van der Waals surface area contributed by atoms with Crippen LogP contribution in [0.4, 0.5) is 11.4 Å². The van der Waals surface area contributed by atoms with Crippen LogP contribution in [0.1, 0.15) is 23.5 Å². The molecule has 4 aromatic rings. The summed E-state index contributed by atoms with van der Waals surface area (Å²) in [5.74, 6) is 0. The second-order valence-corrected chi connectivity index (χ2v) is 9.54. The molecule has 34 heavy (non-hydrogen) atoms. The monoisotopic (exact) mass is 507 g/mol. The lowest BCUT2D eigenvalue weighted by molar-refractivity contribution is 0.549. The van der Waals surface area contributed by atoms with Gasteiger partial charge in [0.1, 0.15) is 6.04 Å². The minimum Gasteiger partial charge on any atom is -0.378 e. The van der Waals surface area contributed by atoms with Crippen molar-refractivity contribution >= 4 is 51.9 Å². The highest BCUT2D eigenvalue weighted by molar-refractivity contribution is 7.80. The number of hydrogen-bond donors (Lipinski definition) is 1. The van der Waals surface area contributed by atoms with Crippen LogP contribution in [-0.2, 0) is 0 Å². The van der Waals surface area contributed by atoms with Crippen LogP contribution in [0.15, 0.2) is 85.2 Å². The number of nitrogens with one attached hydrogen (secondary N) is 1. The third kappa shape index (κ3) is 4.13. The maximum Gasteiger partial charge on any atom is 0.174 e. The van der Waals surface area contributed by atoms with Gasteiger partial charge in [0.05, 0.1) is 22.4 Å². The molecule has 1 fully saturated rings. The van der Waals surface area contributed by atoms with E-state index in [1.807, 2.05) is 56.7 Å². The number of thiocarbonyl (C=S) groups is 1. The summed E-state index contributed by atoms with van der Waals surface area (Å²) in [4.78, 5) is 8.88. The van der Waals surface area contributed by atoms with E-state index in [9.17, 15) is 0 Å². The highest BCUT2D eigenvalue weighted by Crippen LogP contribution is 2.43. The van der Waals surface area contributed by atoms with Gasteiger partial charge in [-0.25, -0.2) is 0 Å². The molecule has 5 nitrogen and oxygen atoms in total. The highest BCUT2D eigenvalue weighted by Gasteiger charge is 2.42. The van der Waals surface area contributed by atoms with E-state index in [0.29, 0.717) is 15.2 Å². The van der Waals surface area contributed by atoms with Crippen LogP contribution < -0.4 is 15.1 Å². The minimum atomic E-state index is -0.158. The van der Waals surface area contributed by atoms with E-state index in [1.165, 1.54) is 0 Å². The predicted octanol–water partition coefficient (Wildman–Crippen LogP) is 6.42. The molecule has 0 aliphatic carbocycles. The molecule has 2 aromatic carbocycles. The van der Waals surface area contributed by atoms with Gasteiger partial charge in [-0.1, -0.05) is 29.3 Å². The summed E-state index contributed by atoms with van der Waals surface area (Å²) in [5.41, 5.74) is 4.92. The van der Waals surface area contributed by atoms with Gasteiger partial charge in [-0.05, 0) is 78.9 Å². The molecule has 1 aliphatic rings. The number of aromatic nitrogens is 2. The number of anilines is 2. The lowest BCUT2D eigenvalue weighted by Gasteiger charge is -2.29. The number of benzene rings is 2. The van der Waals surface area contributed by atoms with Crippen molar-refractivity contribution in [3.05, 3.63) is 107 Å². The molecule has 1 N–H and O–H groups in total. The molecule has 0 bridgehead atoms. The Hall–Kier alpha value is -3.06. The van der Waals surface area contributed by atoms with Gasteiger partial charge in [0.25, 0.3) is 0 Å². The van der Waals surface area contributed by atoms with Crippen molar-refractivity contribution in [3.63, 3.8) is 0 Å². The van der Waals surface area contributed by atoms with Gasteiger partial charge >= 0.3 is 0 Å². The largest absolute Gasteiger partial charge is 0.378 e. The van der Waals surface area contributed by atoms with E-state index in [0.717, 1.165) is 28.5 Å². The summed E-state index contributed by atoms with van der Waals surface area (Å²) < 4.78 is 2.09. The molecular weight excluding hydrogens is 485 g/mol. The number of rotatable bonds is 5. The normalized spacial score (nSPS) is 17.6. The number of pyridine rings is 1. The van der Waals surface area contributed by atoms with Gasteiger partial charge in [0.15, 0.2) is 5.11 Å². The Bertz CT molecular complexity index is 1320. The Kier molecular flexibility index (Phi) is 6.21. The van der Waals surface area contributed by atoms with Gasteiger partial charge in [-0.15, -0.1) is 0 Å². The van der Waals surface area contributed by atoms with E-state index in [4.69, 9.17) is 35.4 Å². The van der Waals surface area contributed by atoms with Crippen molar-refractivity contribution in [2.24, 2.45) is 0 Å². The van der Waals surface area contributed by atoms with Crippen molar-refractivity contribution in [2.75, 3.05) is 23.9 Å². The van der Waals surface area contributed by atoms with Gasteiger partial charge in [-0.3, -0.25) is 4.98 Å². The first kappa shape index (κ1) is 22.7. The van der Waals surface area contributed by atoms with Gasteiger partial charge in [-0.2, -0.15) is 0 Å². The molecule has 0 spiro atoms. The van der Waals surface area contributed by atoms with Crippen molar-refractivity contribution in [3.8, 4) is 5.69 Å². The van der Waals surface area contributed by atoms with Crippen LogP contribution in [0.25, 0.3) is 5.69 Å². The lowest BCUT2D eigenvalue weighted by atomic mass is 10.0. The quantitative estimate of drug-likeness (QED) is 0.315. The molecule has 2 atom stereocenters. The molecule has 1 saturated heterocycles. The number of nitrogens with zero attached hydrogens (tertiary/aromatic N) is 4. The first-order valence-corrected chi connectivity index (χ1v) is 12.0. The van der Waals surface area contributed by atoms with Crippen molar-refractivity contribution in [1.82, 2.24) is 14.9 Å². The van der Waals surface area contributed by atoms with Crippen molar-refractivity contribution < 1.29 is 0 Å². The fourth-order valence-corrected chi connectivity index (χ4v) is 5.22. The summed E-state index contributed by atoms with van der Waals surface area (Å²) in [6.07, 6.45) is 3.81. The Labute approximate surface area is 214 Å². The molecule has 0 amide bonds. The Morgan fingerprint density at radius 1 is 0.971 bits per heavy atom. The molecule has 3 heterocycles. The molecule has 2 unspecified atom stereocenters.